The van der Waals surface area contributed by atoms with Crippen LogP contribution < -0.4 is 11.1 Å². The number of fused-ring (bicyclic) bond motifs is 1. The van der Waals surface area contributed by atoms with Gasteiger partial charge in [-0.15, -0.1) is 23.1 Å². The van der Waals surface area contributed by atoms with Crippen molar-refractivity contribution in [2.24, 2.45) is 5.73 Å². The lowest BCUT2D eigenvalue weighted by atomic mass is 9.98. The first kappa shape index (κ1) is 22.3. The van der Waals surface area contributed by atoms with Crippen molar-refractivity contribution in [2.45, 2.75) is 31.0 Å². The van der Waals surface area contributed by atoms with Crippen LogP contribution in [0.15, 0.2) is 22.7 Å². The molecule has 162 valence electrons. The summed E-state index contributed by atoms with van der Waals surface area (Å²) in [5.74, 6) is -2.79. The van der Waals surface area contributed by atoms with Crippen LogP contribution in [-0.4, -0.2) is 64.3 Å². The zero-order chi connectivity index (χ0) is 22.1. The lowest BCUT2D eigenvalue weighted by Gasteiger charge is -2.55. The first-order valence-electron chi connectivity index (χ1n) is 8.90. The summed E-state index contributed by atoms with van der Waals surface area (Å²) < 4.78 is 10.3. The Kier molecular flexibility index (Phi) is 6.50. The molecule has 1 fully saturated rings. The van der Waals surface area contributed by atoms with Gasteiger partial charge in [-0.1, -0.05) is 0 Å². The maximum absolute atomic E-state index is 12.9. The van der Waals surface area contributed by atoms with E-state index in [-0.39, 0.29) is 24.5 Å². The maximum Gasteiger partial charge on any atom is 0.352 e. The molecule has 0 aliphatic carbocycles. The molecule has 3 heterocycles. The second kappa shape index (κ2) is 8.76. The molecule has 0 bridgehead atoms. The third-order valence-electron chi connectivity index (χ3n) is 4.69. The molecule has 30 heavy (non-hydrogen) atoms. The van der Waals surface area contributed by atoms with Gasteiger partial charge in [0.2, 0.25) is 5.91 Å². The van der Waals surface area contributed by atoms with Gasteiger partial charge in [-0.2, -0.15) is 0 Å². The summed E-state index contributed by atoms with van der Waals surface area (Å²) >= 11 is 2.61. The van der Waals surface area contributed by atoms with Crippen molar-refractivity contribution in [3.05, 3.63) is 33.2 Å². The molecule has 2 aliphatic heterocycles. The molecular formula is C18H21N3O7S2. The maximum atomic E-state index is 12.9. The number of carboxylic acids is 1. The van der Waals surface area contributed by atoms with E-state index >= 15 is 0 Å². The second-order valence-electron chi connectivity index (χ2n) is 6.67. The summed E-state index contributed by atoms with van der Waals surface area (Å²) in [4.78, 5) is 50.2. The van der Waals surface area contributed by atoms with Crippen molar-refractivity contribution < 1.29 is 33.8 Å². The molecule has 0 radical (unpaired) electrons. The number of esters is 1. The Hall–Kier alpha value is -2.41. The molecule has 0 unspecified atom stereocenters. The van der Waals surface area contributed by atoms with Gasteiger partial charge in [0.15, 0.2) is 0 Å². The van der Waals surface area contributed by atoms with Gasteiger partial charge in [-0.3, -0.25) is 19.3 Å². The highest BCUT2D eigenvalue weighted by Gasteiger charge is 2.66. The zero-order valence-electron chi connectivity index (χ0n) is 16.3. The number of carboxylic acid groups (broad SMARTS) is 1. The second-order valence-corrected chi connectivity index (χ2v) is 8.73. The van der Waals surface area contributed by atoms with E-state index in [1.54, 1.807) is 0 Å². The molecule has 4 N–H and O–H groups in total. The normalized spacial score (nSPS) is 23.0. The third kappa shape index (κ3) is 3.95. The topological polar surface area (TPSA) is 148 Å². The number of rotatable bonds is 8. The molecule has 0 saturated carbocycles. The van der Waals surface area contributed by atoms with Gasteiger partial charge < -0.3 is 25.6 Å². The number of hydrogen-bond donors (Lipinski definition) is 3. The Bertz CT molecular complexity index is 929. The summed E-state index contributed by atoms with van der Waals surface area (Å²) in [6.45, 7) is 1.35. The SMILES string of the molecule is CO[C@@]1(NC(=O)Cc2cc(CN)cs2)C(=O)N2C(C(=O)O)=C(COC(C)=O)CS[C@@H]21. The summed E-state index contributed by atoms with van der Waals surface area (Å²) in [7, 11) is 1.28. The smallest absolute Gasteiger partial charge is 0.352 e. The van der Waals surface area contributed by atoms with Crippen molar-refractivity contribution in [3.63, 3.8) is 0 Å². The Balaban J connectivity index is 1.78. The fraction of sp³-hybridized carbons (Fsp3) is 0.444. The molecule has 0 spiro atoms. The quantitative estimate of drug-likeness (QED) is 0.280. The van der Waals surface area contributed by atoms with E-state index in [9.17, 15) is 24.3 Å². The van der Waals surface area contributed by atoms with Gasteiger partial charge in [0, 0.05) is 36.8 Å². The lowest BCUT2D eigenvalue weighted by Crippen LogP contribution is -2.80. The van der Waals surface area contributed by atoms with Crippen LogP contribution in [0.5, 0.6) is 0 Å². The van der Waals surface area contributed by atoms with Crippen LogP contribution >= 0.6 is 23.1 Å². The van der Waals surface area contributed by atoms with E-state index in [0.717, 1.165) is 15.3 Å². The first-order valence-corrected chi connectivity index (χ1v) is 10.8. The molecule has 1 aromatic rings. The Morgan fingerprint density at radius 1 is 1.43 bits per heavy atom. The fourth-order valence-corrected chi connectivity index (χ4v) is 5.60. The number of aliphatic carboxylic acids is 1. The molecule has 3 rings (SSSR count). The van der Waals surface area contributed by atoms with Gasteiger partial charge in [-0.05, 0) is 17.0 Å². The van der Waals surface area contributed by atoms with Gasteiger partial charge in [0.25, 0.3) is 11.6 Å². The highest BCUT2D eigenvalue weighted by atomic mass is 32.2. The predicted molar refractivity (Wildman–Crippen MR) is 108 cm³/mol. The van der Waals surface area contributed by atoms with Crippen LogP contribution in [0.1, 0.15) is 17.4 Å². The molecule has 0 aromatic carbocycles. The molecular weight excluding hydrogens is 434 g/mol. The van der Waals surface area contributed by atoms with Gasteiger partial charge in [0.05, 0.1) is 6.42 Å². The van der Waals surface area contributed by atoms with E-state index in [1.807, 2.05) is 11.4 Å². The molecule has 2 atom stereocenters. The number of carbonyl (C=O) groups excluding carboxylic acids is 3. The van der Waals surface area contributed by atoms with Crippen LogP contribution in [0.2, 0.25) is 0 Å². The zero-order valence-corrected chi connectivity index (χ0v) is 17.9. The monoisotopic (exact) mass is 455 g/mol. The number of carbonyl (C=O) groups is 4. The first-order chi connectivity index (χ1) is 14.2. The lowest BCUT2D eigenvalue weighted by molar-refractivity contribution is -0.192. The standard InChI is InChI=1S/C18H21N3O7S2/c1-9(22)28-6-11-8-30-17-18(27-2,16(26)21(17)14(11)15(24)25)20-13(23)4-12-3-10(5-19)7-29-12/h3,7,17H,4-6,8,19H2,1-2H3,(H,20,23)(H,24,25)/t17-,18+/m1/s1. The van der Waals surface area contributed by atoms with E-state index in [0.29, 0.717) is 12.1 Å². The van der Waals surface area contributed by atoms with Crippen molar-refractivity contribution in [1.82, 2.24) is 10.2 Å². The number of nitrogens with one attached hydrogen (secondary N) is 1. The van der Waals surface area contributed by atoms with Crippen LogP contribution in [0.3, 0.4) is 0 Å². The predicted octanol–water partition coefficient (Wildman–Crippen LogP) is 0.0251. The molecule has 10 nitrogen and oxygen atoms in total. The number of thioether (sulfide) groups is 1. The largest absolute Gasteiger partial charge is 0.477 e. The van der Waals surface area contributed by atoms with Crippen LogP contribution in [-0.2, 0) is 41.6 Å². The Morgan fingerprint density at radius 2 is 2.17 bits per heavy atom. The van der Waals surface area contributed by atoms with E-state index in [1.165, 1.54) is 37.1 Å². The number of amides is 2. The summed E-state index contributed by atoms with van der Waals surface area (Å²) in [5, 5.41) is 13.4. The molecule has 2 amide bonds. The van der Waals surface area contributed by atoms with Crippen molar-refractivity contribution in [2.75, 3.05) is 19.5 Å². The number of hydrogen-bond acceptors (Lipinski definition) is 9. The van der Waals surface area contributed by atoms with Gasteiger partial charge >= 0.3 is 11.9 Å². The molecule has 1 aromatic heterocycles. The molecule has 1 saturated heterocycles. The summed E-state index contributed by atoms with van der Waals surface area (Å²) in [5.41, 5.74) is 4.88. The summed E-state index contributed by atoms with van der Waals surface area (Å²) in [6, 6.07) is 1.82. The van der Waals surface area contributed by atoms with Crippen molar-refractivity contribution in [1.29, 1.82) is 0 Å². The summed E-state index contributed by atoms with van der Waals surface area (Å²) in [6.07, 6.45) is 0.0414. The molecule has 12 heteroatoms. The minimum absolute atomic E-state index is 0.0414. The van der Waals surface area contributed by atoms with E-state index in [4.69, 9.17) is 15.2 Å². The highest BCUT2D eigenvalue weighted by molar-refractivity contribution is 8.00. The number of β-lactam (4-membered cyclic amide) rings is 1. The Labute approximate surface area is 180 Å². The van der Waals surface area contributed by atoms with Gasteiger partial charge in [0.1, 0.15) is 17.7 Å². The number of nitrogens with two attached hydrogens (primary N) is 1. The van der Waals surface area contributed by atoms with E-state index in [2.05, 4.69) is 5.32 Å². The van der Waals surface area contributed by atoms with Crippen molar-refractivity contribution >= 4 is 46.9 Å². The average Bonchev–Trinajstić information content (AvgIpc) is 3.16. The number of thiophene rings is 1. The number of ether oxygens (including phenoxy) is 2. The van der Waals surface area contributed by atoms with Crippen LogP contribution in [0.4, 0.5) is 0 Å². The number of methoxy groups -OCH3 is 1. The molecule has 2 aliphatic rings. The highest BCUT2D eigenvalue weighted by Crippen LogP contribution is 2.46. The van der Waals surface area contributed by atoms with Crippen LogP contribution in [0, 0.1) is 0 Å². The minimum Gasteiger partial charge on any atom is -0.477 e. The Morgan fingerprint density at radius 3 is 2.73 bits per heavy atom. The average molecular weight is 456 g/mol. The fourth-order valence-electron chi connectivity index (χ4n) is 3.28. The van der Waals surface area contributed by atoms with Gasteiger partial charge in [-0.25, -0.2) is 4.79 Å². The van der Waals surface area contributed by atoms with Crippen LogP contribution in [0.25, 0.3) is 0 Å². The van der Waals surface area contributed by atoms with Crippen molar-refractivity contribution in [3.8, 4) is 0 Å². The minimum atomic E-state index is -1.66. The third-order valence-corrected chi connectivity index (χ3v) is 7.05. The number of nitrogens with zero attached hydrogens (tertiary/aromatic N) is 1. The van der Waals surface area contributed by atoms with E-state index < -0.39 is 34.9 Å².